The SMILES string of the molecule is Cc1cccc(-c2cc(OC(=O)COc3ccccc3)cc3sc(=O)oc23)c1. The van der Waals surface area contributed by atoms with Crippen LogP contribution in [0.2, 0.25) is 0 Å². The van der Waals surface area contributed by atoms with E-state index in [2.05, 4.69) is 0 Å². The summed E-state index contributed by atoms with van der Waals surface area (Å²) >= 11 is 0.972. The van der Waals surface area contributed by atoms with Gasteiger partial charge in [-0.2, -0.15) is 0 Å². The molecule has 1 aromatic heterocycles. The molecule has 0 aliphatic rings. The molecule has 0 atom stereocenters. The number of para-hydroxylation sites is 1. The van der Waals surface area contributed by atoms with Gasteiger partial charge >= 0.3 is 10.9 Å². The molecule has 0 fully saturated rings. The van der Waals surface area contributed by atoms with E-state index >= 15 is 0 Å². The van der Waals surface area contributed by atoms with Crippen molar-refractivity contribution in [2.24, 2.45) is 0 Å². The van der Waals surface area contributed by atoms with Gasteiger partial charge in [-0.1, -0.05) is 59.4 Å². The summed E-state index contributed by atoms with van der Waals surface area (Å²) < 4.78 is 16.8. The van der Waals surface area contributed by atoms with Crippen molar-refractivity contribution in [3.8, 4) is 22.6 Å². The van der Waals surface area contributed by atoms with E-state index in [0.717, 1.165) is 22.5 Å². The van der Waals surface area contributed by atoms with Crippen LogP contribution in [0, 0.1) is 6.92 Å². The Morgan fingerprint density at radius 3 is 2.61 bits per heavy atom. The third kappa shape index (κ3) is 3.97. The topological polar surface area (TPSA) is 65.7 Å². The average molecular weight is 392 g/mol. The van der Waals surface area contributed by atoms with Gasteiger partial charge in [0.05, 0.1) is 4.70 Å². The zero-order valence-corrected chi connectivity index (χ0v) is 15.8. The molecule has 0 radical (unpaired) electrons. The highest BCUT2D eigenvalue weighted by Crippen LogP contribution is 2.34. The number of aryl methyl sites for hydroxylation is 1. The number of hydrogen-bond acceptors (Lipinski definition) is 6. The number of hydrogen-bond donors (Lipinski definition) is 0. The lowest BCUT2D eigenvalue weighted by atomic mass is 10.0. The predicted molar refractivity (Wildman–Crippen MR) is 108 cm³/mol. The van der Waals surface area contributed by atoms with Crippen molar-refractivity contribution in [3.05, 3.63) is 82.0 Å². The van der Waals surface area contributed by atoms with Crippen LogP contribution >= 0.6 is 11.3 Å². The molecule has 4 aromatic rings. The molecule has 0 bridgehead atoms. The third-order valence-electron chi connectivity index (χ3n) is 4.07. The van der Waals surface area contributed by atoms with Crippen molar-refractivity contribution in [2.45, 2.75) is 6.92 Å². The van der Waals surface area contributed by atoms with E-state index in [1.165, 1.54) is 0 Å². The molecule has 0 aliphatic heterocycles. The predicted octanol–water partition coefficient (Wildman–Crippen LogP) is 4.81. The highest BCUT2D eigenvalue weighted by atomic mass is 32.1. The largest absolute Gasteiger partial charge is 0.482 e. The van der Waals surface area contributed by atoms with Crippen LogP contribution in [0.1, 0.15) is 5.56 Å². The van der Waals surface area contributed by atoms with Crippen molar-refractivity contribution in [1.29, 1.82) is 0 Å². The van der Waals surface area contributed by atoms with Crippen molar-refractivity contribution >= 4 is 27.6 Å². The standard InChI is InChI=1S/C22H16O5S/c1-14-6-5-7-15(10-14)18-11-17(12-19-21(18)27-22(24)28-19)26-20(23)13-25-16-8-3-2-4-9-16/h2-12H,13H2,1H3. The Kier molecular flexibility index (Phi) is 4.95. The second-order valence-corrected chi connectivity index (χ2v) is 7.17. The van der Waals surface area contributed by atoms with E-state index in [1.54, 1.807) is 24.3 Å². The van der Waals surface area contributed by atoms with Gasteiger partial charge < -0.3 is 13.9 Å². The number of carbonyl (C=O) groups is 1. The summed E-state index contributed by atoms with van der Waals surface area (Å²) in [5.41, 5.74) is 3.14. The van der Waals surface area contributed by atoms with Gasteiger partial charge in [0.15, 0.2) is 12.2 Å². The monoisotopic (exact) mass is 392 g/mol. The van der Waals surface area contributed by atoms with Crippen LogP contribution in [0.4, 0.5) is 0 Å². The van der Waals surface area contributed by atoms with Gasteiger partial charge in [0, 0.05) is 11.6 Å². The smallest absolute Gasteiger partial charge is 0.396 e. The molecular weight excluding hydrogens is 376 g/mol. The van der Waals surface area contributed by atoms with Crippen molar-refractivity contribution < 1.29 is 18.7 Å². The van der Waals surface area contributed by atoms with Crippen molar-refractivity contribution in [2.75, 3.05) is 6.61 Å². The van der Waals surface area contributed by atoms with E-state index in [9.17, 15) is 9.59 Å². The summed E-state index contributed by atoms with van der Waals surface area (Å²) in [6.07, 6.45) is 0. The van der Waals surface area contributed by atoms with Crippen LogP contribution in [0.25, 0.3) is 21.4 Å². The summed E-state index contributed by atoms with van der Waals surface area (Å²) in [6.45, 7) is 1.76. The number of fused-ring (bicyclic) bond motifs is 1. The first-order chi connectivity index (χ1) is 13.6. The lowest BCUT2D eigenvalue weighted by molar-refractivity contribution is -0.136. The molecule has 0 N–H and O–H groups in total. The Balaban J connectivity index is 1.62. The molecule has 0 saturated carbocycles. The lowest BCUT2D eigenvalue weighted by Gasteiger charge is -2.09. The second-order valence-electron chi connectivity index (χ2n) is 6.20. The zero-order chi connectivity index (χ0) is 19.5. The number of esters is 1. The molecule has 0 unspecified atom stereocenters. The first kappa shape index (κ1) is 18.0. The molecule has 3 aromatic carbocycles. The van der Waals surface area contributed by atoms with Crippen LogP contribution in [-0.2, 0) is 4.79 Å². The Morgan fingerprint density at radius 1 is 1.00 bits per heavy atom. The summed E-state index contributed by atoms with van der Waals surface area (Å²) in [6, 6.07) is 20.2. The Hall–Kier alpha value is -3.38. The molecule has 0 amide bonds. The van der Waals surface area contributed by atoms with Crippen molar-refractivity contribution in [3.63, 3.8) is 0 Å². The first-order valence-electron chi connectivity index (χ1n) is 8.62. The summed E-state index contributed by atoms with van der Waals surface area (Å²) in [5.74, 6) is 0.389. The molecule has 0 aliphatic carbocycles. The minimum atomic E-state index is -0.533. The maximum atomic E-state index is 12.2. The highest BCUT2D eigenvalue weighted by Gasteiger charge is 2.15. The Morgan fingerprint density at radius 2 is 1.82 bits per heavy atom. The van der Waals surface area contributed by atoms with E-state index in [1.807, 2.05) is 49.4 Å². The molecule has 4 rings (SSSR count). The molecule has 28 heavy (non-hydrogen) atoms. The van der Waals surface area contributed by atoms with Crippen LogP contribution in [0.3, 0.4) is 0 Å². The number of benzene rings is 3. The fourth-order valence-electron chi connectivity index (χ4n) is 2.86. The number of rotatable bonds is 5. The second kappa shape index (κ2) is 7.70. The van der Waals surface area contributed by atoms with Crippen molar-refractivity contribution in [1.82, 2.24) is 0 Å². The van der Waals surface area contributed by atoms with E-state index in [0.29, 0.717) is 27.3 Å². The van der Waals surface area contributed by atoms with Gasteiger partial charge in [0.2, 0.25) is 0 Å². The van der Waals surface area contributed by atoms with Crippen LogP contribution in [0.15, 0.2) is 75.9 Å². The summed E-state index contributed by atoms with van der Waals surface area (Å²) in [7, 11) is 0. The maximum absolute atomic E-state index is 12.2. The lowest BCUT2D eigenvalue weighted by Crippen LogP contribution is -2.17. The molecule has 140 valence electrons. The quantitative estimate of drug-likeness (QED) is 0.360. The molecular formula is C22H16O5S. The van der Waals surface area contributed by atoms with E-state index in [4.69, 9.17) is 13.9 Å². The Labute approximate surface area is 164 Å². The van der Waals surface area contributed by atoms with Gasteiger partial charge in [0.1, 0.15) is 11.5 Å². The minimum Gasteiger partial charge on any atom is -0.482 e. The molecule has 5 nitrogen and oxygen atoms in total. The molecule has 0 saturated heterocycles. The van der Waals surface area contributed by atoms with E-state index < -0.39 is 10.9 Å². The first-order valence-corrected chi connectivity index (χ1v) is 9.43. The summed E-state index contributed by atoms with van der Waals surface area (Å²) in [5, 5.41) is 0. The van der Waals surface area contributed by atoms with Gasteiger partial charge in [-0.3, -0.25) is 0 Å². The van der Waals surface area contributed by atoms with Gasteiger partial charge in [-0.25, -0.2) is 9.59 Å². The zero-order valence-electron chi connectivity index (χ0n) is 15.0. The average Bonchev–Trinajstić information content (AvgIpc) is 3.06. The van der Waals surface area contributed by atoms with E-state index in [-0.39, 0.29) is 6.61 Å². The minimum absolute atomic E-state index is 0.219. The highest BCUT2D eigenvalue weighted by molar-refractivity contribution is 7.16. The number of ether oxygens (including phenoxy) is 2. The van der Waals surface area contributed by atoms with Crippen LogP contribution in [0.5, 0.6) is 11.5 Å². The van der Waals surface area contributed by atoms with Gasteiger partial charge in [-0.15, -0.1) is 0 Å². The molecule has 6 heteroatoms. The Bertz CT molecular complexity index is 1190. The molecule has 0 spiro atoms. The maximum Gasteiger partial charge on any atom is 0.396 e. The normalized spacial score (nSPS) is 10.8. The summed E-state index contributed by atoms with van der Waals surface area (Å²) in [4.78, 5) is 23.6. The van der Waals surface area contributed by atoms with Crippen LogP contribution < -0.4 is 14.4 Å². The van der Waals surface area contributed by atoms with Gasteiger partial charge in [-0.05, 0) is 30.7 Å². The number of carbonyl (C=O) groups excluding carboxylic acids is 1. The third-order valence-corrected chi connectivity index (χ3v) is 4.84. The fourth-order valence-corrected chi connectivity index (χ4v) is 3.58. The van der Waals surface area contributed by atoms with Gasteiger partial charge in [0.25, 0.3) is 0 Å². The van der Waals surface area contributed by atoms with Crippen LogP contribution in [-0.4, -0.2) is 12.6 Å². The fraction of sp³-hybridized carbons (Fsp3) is 0.0909. The molecule has 1 heterocycles.